The van der Waals surface area contributed by atoms with Crippen molar-refractivity contribution >= 4 is 0 Å². The third-order valence-electron chi connectivity index (χ3n) is 4.03. The van der Waals surface area contributed by atoms with Gasteiger partial charge in [-0.2, -0.15) is 0 Å². The smallest absolute Gasteiger partial charge is 0.00670 e. The van der Waals surface area contributed by atoms with Crippen LogP contribution in [-0.2, 0) is 0 Å². The maximum atomic E-state index is 3.52. The van der Waals surface area contributed by atoms with Gasteiger partial charge in [-0.1, -0.05) is 13.3 Å². The van der Waals surface area contributed by atoms with Crippen molar-refractivity contribution in [2.24, 2.45) is 11.8 Å². The molecule has 0 aromatic carbocycles. The molecular formula is C12H24N2. The van der Waals surface area contributed by atoms with Gasteiger partial charge in [0.25, 0.3) is 0 Å². The van der Waals surface area contributed by atoms with E-state index >= 15 is 0 Å². The summed E-state index contributed by atoms with van der Waals surface area (Å²) >= 11 is 0. The molecule has 0 bridgehead atoms. The van der Waals surface area contributed by atoms with Crippen LogP contribution in [0.5, 0.6) is 0 Å². The standard InChI is InChI=1S/C12H24N2/c1-3-4-10(2)14-8-11-5-6-13-7-12(11)9-14/h10-13H,3-9H2,1-2H3. The highest BCUT2D eigenvalue weighted by molar-refractivity contribution is 4.90. The largest absolute Gasteiger partial charge is 0.316 e. The Balaban J connectivity index is 1.86. The Bertz CT molecular complexity index is 167. The van der Waals surface area contributed by atoms with Crippen LogP contribution in [0.2, 0.25) is 0 Å². The SMILES string of the molecule is CCCC(C)N1CC2CCNCC2C1. The molecule has 82 valence electrons. The summed E-state index contributed by atoms with van der Waals surface area (Å²) in [5, 5.41) is 3.52. The second-order valence-electron chi connectivity index (χ2n) is 5.10. The molecule has 2 fully saturated rings. The second-order valence-corrected chi connectivity index (χ2v) is 5.10. The Morgan fingerprint density at radius 1 is 1.36 bits per heavy atom. The average molecular weight is 196 g/mol. The number of rotatable bonds is 3. The van der Waals surface area contributed by atoms with Crippen molar-refractivity contribution in [3.8, 4) is 0 Å². The van der Waals surface area contributed by atoms with E-state index in [0.29, 0.717) is 0 Å². The van der Waals surface area contributed by atoms with Crippen LogP contribution < -0.4 is 5.32 Å². The van der Waals surface area contributed by atoms with Crippen LogP contribution in [0.4, 0.5) is 0 Å². The molecule has 1 N–H and O–H groups in total. The van der Waals surface area contributed by atoms with Crippen LogP contribution in [0, 0.1) is 11.8 Å². The molecule has 0 aromatic rings. The van der Waals surface area contributed by atoms with Crippen molar-refractivity contribution < 1.29 is 0 Å². The van der Waals surface area contributed by atoms with E-state index in [9.17, 15) is 0 Å². The fourth-order valence-corrected chi connectivity index (χ4v) is 3.07. The van der Waals surface area contributed by atoms with Crippen LogP contribution in [-0.4, -0.2) is 37.1 Å². The normalized spacial score (nSPS) is 35.6. The summed E-state index contributed by atoms with van der Waals surface area (Å²) in [6.45, 7) is 9.92. The molecule has 2 aliphatic heterocycles. The van der Waals surface area contributed by atoms with Crippen molar-refractivity contribution in [1.29, 1.82) is 0 Å². The molecule has 0 aliphatic carbocycles. The lowest BCUT2D eigenvalue weighted by atomic mass is 9.90. The lowest BCUT2D eigenvalue weighted by Gasteiger charge is -2.24. The van der Waals surface area contributed by atoms with Crippen molar-refractivity contribution in [3.05, 3.63) is 0 Å². The maximum Gasteiger partial charge on any atom is 0.00670 e. The van der Waals surface area contributed by atoms with Crippen LogP contribution in [0.25, 0.3) is 0 Å². The van der Waals surface area contributed by atoms with E-state index in [2.05, 4.69) is 24.1 Å². The van der Waals surface area contributed by atoms with Gasteiger partial charge in [0, 0.05) is 19.1 Å². The summed E-state index contributed by atoms with van der Waals surface area (Å²) in [6, 6.07) is 0.811. The number of hydrogen-bond donors (Lipinski definition) is 1. The zero-order valence-corrected chi connectivity index (χ0v) is 9.63. The van der Waals surface area contributed by atoms with Gasteiger partial charge in [-0.05, 0) is 44.7 Å². The van der Waals surface area contributed by atoms with Crippen molar-refractivity contribution in [2.45, 2.75) is 39.2 Å². The zero-order valence-electron chi connectivity index (χ0n) is 9.63. The molecule has 0 radical (unpaired) electrons. The van der Waals surface area contributed by atoms with Crippen LogP contribution >= 0.6 is 0 Å². The minimum atomic E-state index is 0.811. The first-order valence-corrected chi connectivity index (χ1v) is 6.26. The van der Waals surface area contributed by atoms with Crippen LogP contribution in [0.3, 0.4) is 0 Å². The van der Waals surface area contributed by atoms with E-state index in [-0.39, 0.29) is 0 Å². The average Bonchev–Trinajstić information content (AvgIpc) is 2.61. The van der Waals surface area contributed by atoms with E-state index in [1.165, 1.54) is 45.4 Å². The van der Waals surface area contributed by atoms with Crippen LogP contribution in [0.1, 0.15) is 33.1 Å². The first kappa shape index (κ1) is 10.4. The highest BCUT2D eigenvalue weighted by atomic mass is 15.2. The molecule has 0 saturated carbocycles. The summed E-state index contributed by atoms with van der Waals surface area (Å²) in [5.41, 5.74) is 0. The molecule has 0 amide bonds. The lowest BCUT2D eigenvalue weighted by molar-refractivity contribution is 0.234. The van der Waals surface area contributed by atoms with Gasteiger partial charge >= 0.3 is 0 Å². The van der Waals surface area contributed by atoms with Gasteiger partial charge in [0.1, 0.15) is 0 Å². The van der Waals surface area contributed by atoms with E-state index in [1.54, 1.807) is 0 Å². The molecule has 2 nitrogen and oxygen atoms in total. The van der Waals surface area contributed by atoms with E-state index in [1.807, 2.05) is 0 Å². The maximum absolute atomic E-state index is 3.52. The molecule has 2 heterocycles. The predicted octanol–water partition coefficient (Wildman–Crippen LogP) is 1.72. The molecule has 3 unspecified atom stereocenters. The molecule has 0 spiro atoms. The fraction of sp³-hybridized carbons (Fsp3) is 1.00. The summed E-state index contributed by atoms with van der Waals surface area (Å²) in [7, 11) is 0. The molecule has 2 heteroatoms. The molecule has 2 rings (SSSR count). The van der Waals surface area contributed by atoms with E-state index < -0.39 is 0 Å². The summed E-state index contributed by atoms with van der Waals surface area (Å²) < 4.78 is 0. The monoisotopic (exact) mass is 196 g/mol. The minimum absolute atomic E-state index is 0.811. The van der Waals surface area contributed by atoms with Gasteiger partial charge in [-0.3, -0.25) is 0 Å². The molecule has 3 atom stereocenters. The highest BCUT2D eigenvalue weighted by Crippen LogP contribution is 2.29. The molecule has 2 saturated heterocycles. The predicted molar refractivity (Wildman–Crippen MR) is 60.4 cm³/mol. The Morgan fingerprint density at radius 3 is 2.86 bits per heavy atom. The number of likely N-dealkylation sites (tertiary alicyclic amines) is 1. The number of hydrogen-bond acceptors (Lipinski definition) is 2. The Kier molecular flexibility index (Phi) is 3.45. The topological polar surface area (TPSA) is 15.3 Å². The Labute approximate surface area is 88.1 Å². The first-order valence-electron chi connectivity index (χ1n) is 6.26. The Morgan fingerprint density at radius 2 is 2.14 bits per heavy atom. The number of nitrogens with zero attached hydrogens (tertiary/aromatic N) is 1. The fourth-order valence-electron chi connectivity index (χ4n) is 3.07. The quantitative estimate of drug-likeness (QED) is 0.739. The summed E-state index contributed by atoms with van der Waals surface area (Å²) in [4.78, 5) is 2.71. The van der Waals surface area contributed by atoms with Gasteiger partial charge in [0.2, 0.25) is 0 Å². The number of fused-ring (bicyclic) bond motifs is 1. The van der Waals surface area contributed by atoms with Gasteiger partial charge in [-0.25, -0.2) is 0 Å². The molecule has 0 aromatic heterocycles. The van der Waals surface area contributed by atoms with Gasteiger partial charge < -0.3 is 10.2 Å². The van der Waals surface area contributed by atoms with Crippen LogP contribution in [0.15, 0.2) is 0 Å². The highest BCUT2D eigenvalue weighted by Gasteiger charge is 2.35. The lowest BCUT2D eigenvalue weighted by Crippen LogP contribution is -2.35. The Hall–Kier alpha value is -0.0800. The summed E-state index contributed by atoms with van der Waals surface area (Å²) in [5.74, 6) is 1.94. The van der Waals surface area contributed by atoms with E-state index in [0.717, 1.165) is 17.9 Å². The van der Waals surface area contributed by atoms with Gasteiger partial charge in [-0.15, -0.1) is 0 Å². The zero-order chi connectivity index (χ0) is 9.97. The second kappa shape index (κ2) is 4.63. The van der Waals surface area contributed by atoms with Crippen molar-refractivity contribution in [2.75, 3.05) is 26.2 Å². The van der Waals surface area contributed by atoms with E-state index in [4.69, 9.17) is 0 Å². The summed E-state index contributed by atoms with van der Waals surface area (Å²) in [6.07, 6.45) is 4.10. The van der Waals surface area contributed by atoms with Gasteiger partial charge in [0.15, 0.2) is 0 Å². The molecule has 14 heavy (non-hydrogen) atoms. The molecular weight excluding hydrogens is 172 g/mol. The third-order valence-corrected chi connectivity index (χ3v) is 4.03. The molecule has 2 aliphatic rings. The third kappa shape index (κ3) is 2.12. The number of piperidine rings is 1. The first-order chi connectivity index (χ1) is 6.81. The minimum Gasteiger partial charge on any atom is -0.316 e. The van der Waals surface area contributed by atoms with Crippen molar-refractivity contribution in [1.82, 2.24) is 10.2 Å². The van der Waals surface area contributed by atoms with Crippen molar-refractivity contribution in [3.63, 3.8) is 0 Å². The number of nitrogens with one attached hydrogen (secondary N) is 1. The van der Waals surface area contributed by atoms with Gasteiger partial charge in [0.05, 0.1) is 0 Å².